The summed E-state index contributed by atoms with van der Waals surface area (Å²) >= 11 is 2.62. The number of fused-ring (bicyclic) bond motifs is 5. The van der Waals surface area contributed by atoms with Gasteiger partial charge in [-0.2, -0.15) is 0 Å². The number of aliphatic carboxylic acids is 1. The van der Waals surface area contributed by atoms with Crippen molar-refractivity contribution in [1.82, 2.24) is 19.2 Å². The summed E-state index contributed by atoms with van der Waals surface area (Å²) < 4.78 is 8.59. The summed E-state index contributed by atoms with van der Waals surface area (Å²) in [6.45, 7) is 2.22. The van der Waals surface area contributed by atoms with Gasteiger partial charge >= 0.3 is 0 Å². The maximum Gasteiger partial charge on any atom is 0.268 e. The third-order valence-electron chi connectivity index (χ3n) is 5.58. The first-order valence-corrected chi connectivity index (χ1v) is 11.7. The van der Waals surface area contributed by atoms with E-state index in [1.54, 1.807) is 47.3 Å². The fraction of sp³-hybridized carbons (Fsp3) is 0.333. The van der Waals surface area contributed by atoms with Crippen LogP contribution in [0.3, 0.4) is 0 Å². The molecule has 3 heterocycles. The van der Waals surface area contributed by atoms with Gasteiger partial charge in [0.25, 0.3) is 5.56 Å². The molecule has 0 spiro atoms. The zero-order valence-corrected chi connectivity index (χ0v) is 18.6. The van der Waals surface area contributed by atoms with Gasteiger partial charge in [-0.15, -0.1) is 21.5 Å². The Kier molecular flexibility index (Phi) is 4.98. The Bertz CT molecular complexity index is 1370. The van der Waals surface area contributed by atoms with Gasteiger partial charge in [-0.25, -0.2) is 8.97 Å². The van der Waals surface area contributed by atoms with Crippen LogP contribution in [0.5, 0.6) is 5.75 Å². The van der Waals surface area contributed by atoms with E-state index in [-0.39, 0.29) is 11.3 Å². The Morgan fingerprint density at radius 2 is 2.10 bits per heavy atom. The minimum atomic E-state index is -1.18. The van der Waals surface area contributed by atoms with Crippen molar-refractivity contribution < 1.29 is 14.6 Å². The molecule has 0 fully saturated rings. The van der Waals surface area contributed by atoms with Crippen molar-refractivity contribution in [3.8, 4) is 11.4 Å². The molecule has 0 aliphatic heterocycles. The zero-order valence-electron chi connectivity index (χ0n) is 17.0. The molecule has 4 aromatic rings. The van der Waals surface area contributed by atoms with Crippen molar-refractivity contribution in [2.45, 2.75) is 31.3 Å². The molecule has 0 bridgehead atoms. The van der Waals surface area contributed by atoms with Crippen molar-refractivity contribution in [3.05, 3.63) is 45.1 Å². The lowest BCUT2D eigenvalue weighted by Crippen LogP contribution is -2.24. The molecule has 0 saturated carbocycles. The molecule has 1 atom stereocenters. The Morgan fingerprint density at radius 1 is 1.32 bits per heavy atom. The number of rotatable bonds is 5. The zero-order chi connectivity index (χ0) is 21.7. The minimum absolute atomic E-state index is 0.136. The fourth-order valence-electron chi connectivity index (χ4n) is 4.08. The molecule has 10 heteroatoms. The van der Waals surface area contributed by atoms with E-state index in [1.807, 2.05) is 4.40 Å². The van der Waals surface area contributed by atoms with E-state index in [1.165, 1.54) is 4.88 Å². The molecule has 0 N–H and O–H groups in total. The lowest BCUT2D eigenvalue weighted by molar-refractivity contribution is -0.301. The third-order valence-corrected chi connectivity index (χ3v) is 7.72. The van der Waals surface area contributed by atoms with Crippen molar-refractivity contribution in [2.24, 2.45) is 5.92 Å². The number of ether oxygens (including phenoxy) is 1. The van der Waals surface area contributed by atoms with Gasteiger partial charge in [-0.1, -0.05) is 18.7 Å². The monoisotopic (exact) mass is 455 g/mol. The van der Waals surface area contributed by atoms with Crippen LogP contribution in [-0.4, -0.2) is 38.0 Å². The number of carboxylic acid groups (broad SMARTS) is 1. The topological polar surface area (TPSA) is 102 Å². The van der Waals surface area contributed by atoms with Gasteiger partial charge in [0.2, 0.25) is 5.78 Å². The number of thiophene rings is 1. The molecule has 1 aliphatic rings. The molecule has 5 rings (SSSR count). The Morgan fingerprint density at radius 3 is 2.81 bits per heavy atom. The van der Waals surface area contributed by atoms with Crippen LogP contribution in [0, 0.1) is 5.92 Å². The lowest BCUT2D eigenvalue weighted by Gasteiger charge is -2.17. The van der Waals surface area contributed by atoms with Crippen molar-refractivity contribution >= 4 is 45.1 Å². The van der Waals surface area contributed by atoms with E-state index in [9.17, 15) is 14.7 Å². The number of carbonyl (C=O) groups excluding carboxylic acids is 1. The predicted molar refractivity (Wildman–Crippen MR) is 117 cm³/mol. The summed E-state index contributed by atoms with van der Waals surface area (Å²) in [5.41, 5.74) is 1.60. The Hall–Kier alpha value is -2.85. The van der Waals surface area contributed by atoms with Crippen LogP contribution >= 0.6 is 23.1 Å². The van der Waals surface area contributed by atoms with E-state index >= 15 is 0 Å². The summed E-state index contributed by atoms with van der Waals surface area (Å²) in [6.07, 6.45) is 2.82. The first-order chi connectivity index (χ1) is 15.0. The van der Waals surface area contributed by atoms with E-state index < -0.39 is 5.97 Å². The van der Waals surface area contributed by atoms with E-state index in [0.717, 1.165) is 41.4 Å². The highest BCUT2D eigenvalue weighted by atomic mass is 32.2. The molecule has 1 aromatic carbocycles. The Labute approximate surface area is 185 Å². The average Bonchev–Trinajstić information content (AvgIpc) is 3.33. The van der Waals surface area contributed by atoms with Gasteiger partial charge in [-0.3, -0.25) is 4.79 Å². The standard InChI is InChI=1S/C21H20N4O4S2/c1-11-3-8-14-15(9-11)31-19-17(14)18(28)24(12-4-6-13(29-2)7-5-12)20-22-23-21(25(19)20)30-10-16(26)27/h4-7,11H,3,8-10H2,1-2H3,(H,26,27)/p-1/t11-/m0/s1. The summed E-state index contributed by atoms with van der Waals surface area (Å²) in [5, 5.41) is 20.6. The minimum Gasteiger partial charge on any atom is -0.549 e. The average molecular weight is 456 g/mol. The van der Waals surface area contributed by atoms with Gasteiger partial charge in [-0.05, 0) is 55.0 Å². The number of carbonyl (C=O) groups is 1. The summed E-state index contributed by atoms with van der Waals surface area (Å²) in [7, 11) is 1.59. The molecule has 8 nitrogen and oxygen atoms in total. The smallest absolute Gasteiger partial charge is 0.268 e. The molecule has 31 heavy (non-hydrogen) atoms. The molecule has 0 radical (unpaired) electrons. The van der Waals surface area contributed by atoms with Crippen LogP contribution in [0.4, 0.5) is 0 Å². The first-order valence-electron chi connectivity index (χ1n) is 9.89. The number of hydrogen-bond donors (Lipinski definition) is 0. The summed E-state index contributed by atoms with van der Waals surface area (Å²) in [5.74, 6) is 0.178. The number of benzene rings is 1. The molecule has 0 amide bonds. The van der Waals surface area contributed by atoms with Crippen LogP contribution < -0.4 is 15.4 Å². The van der Waals surface area contributed by atoms with Gasteiger partial charge in [0.15, 0.2) is 5.16 Å². The van der Waals surface area contributed by atoms with Crippen LogP contribution in [0.25, 0.3) is 21.7 Å². The highest BCUT2D eigenvalue weighted by Crippen LogP contribution is 2.38. The Balaban J connectivity index is 1.84. The third kappa shape index (κ3) is 3.30. The molecule has 1 aliphatic carbocycles. The van der Waals surface area contributed by atoms with Crippen LogP contribution in [0.2, 0.25) is 0 Å². The number of carboxylic acids is 1. The fourth-order valence-corrected chi connectivity index (χ4v) is 6.29. The van der Waals surface area contributed by atoms with Gasteiger partial charge < -0.3 is 14.6 Å². The second-order valence-corrected chi connectivity index (χ2v) is 9.68. The maximum atomic E-state index is 13.7. The number of methoxy groups -OCH3 is 1. The van der Waals surface area contributed by atoms with Gasteiger partial charge in [0, 0.05) is 10.6 Å². The maximum absolute atomic E-state index is 13.7. The van der Waals surface area contributed by atoms with Crippen LogP contribution in [0.1, 0.15) is 23.8 Å². The molecule has 0 unspecified atom stereocenters. The quantitative estimate of drug-likeness (QED) is 0.425. The number of aromatic nitrogens is 4. The van der Waals surface area contributed by atoms with Crippen molar-refractivity contribution in [3.63, 3.8) is 0 Å². The normalized spacial score (nSPS) is 16.0. The molecular formula is C21H19N4O4S2-. The molecule has 0 saturated heterocycles. The van der Waals surface area contributed by atoms with Crippen molar-refractivity contribution in [1.29, 1.82) is 0 Å². The second-order valence-electron chi connectivity index (χ2n) is 7.65. The molecule has 160 valence electrons. The van der Waals surface area contributed by atoms with E-state index in [0.29, 0.717) is 33.7 Å². The number of thioether (sulfide) groups is 1. The van der Waals surface area contributed by atoms with Crippen LogP contribution in [0.15, 0.2) is 34.2 Å². The summed E-state index contributed by atoms with van der Waals surface area (Å²) in [4.78, 5) is 26.8. The van der Waals surface area contributed by atoms with Crippen molar-refractivity contribution in [2.75, 3.05) is 12.9 Å². The van der Waals surface area contributed by atoms with Gasteiger partial charge in [0.1, 0.15) is 10.6 Å². The van der Waals surface area contributed by atoms with Crippen LogP contribution in [-0.2, 0) is 17.6 Å². The number of hydrogen-bond acceptors (Lipinski definition) is 8. The SMILES string of the molecule is COc1ccc(-n2c(=O)c3c4c(sc3n3c(SCC(=O)[O-])nnc23)C[C@@H](C)CC4)cc1. The largest absolute Gasteiger partial charge is 0.549 e. The predicted octanol–water partition coefficient (Wildman–Crippen LogP) is 2.07. The highest BCUT2D eigenvalue weighted by Gasteiger charge is 2.27. The second kappa shape index (κ2) is 7.69. The first kappa shape index (κ1) is 20.1. The number of nitrogens with zero attached hydrogens (tertiary/aromatic N) is 4. The number of aryl methyl sites for hydroxylation is 1. The highest BCUT2D eigenvalue weighted by molar-refractivity contribution is 7.99. The lowest BCUT2D eigenvalue weighted by atomic mass is 9.89. The summed E-state index contributed by atoms with van der Waals surface area (Å²) in [6, 6.07) is 7.18. The van der Waals surface area contributed by atoms with Gasteiger partial charge in [0.05, 0.1) is 24.2 Å². The van der Waals surface area contributed by atoms with E-state index in [2.05, 4.69) is 17.1 Å². The molecule has 3 aromatic heterocycles. The van der Waals surface area contributed by atoms with E-state index in [4.69, 9.17) is 4.74 Å². The molecular weight excluding hydrogens is 436 g/mol.